The first kappa shape index (κ1) is 22.8. The van der Waals surface area contributed by atoms with Crippen LogP contribution in [0.3, 0.4) is 0 Å². The average molecular weight is 445 g/mol. The number of thioether (sulfide) groups is 1. The van der Waals surface area contributed by atoms with E-state index >= 15 is 0 Å². The maximum Gasteiger partial charge on any atom is 0.276 e. The van der Waals surface area contributed by atoms with E-state index in [0.29, 0.717) is 48.2 Å². The van der Waals surface area contributed by atoms with Gasteiger partial charge in [0.2, 0.25) is 11.9 Å². The van der Waals surface area contributed by atoms with Crippen molar-refractivity contribution in [1.82, 2.24) is 19.3 Å². The number of imidazole rings is 1. The van der Waals surface area contributed by atoms with Crippen molar-refractivity contribution in [2.24, 2.45) is 5.73 Å². The number of rotatable bonds is 10. The van der Waals surface area contributed by atoms with Gasteiger partial charge >= 0.3 is 0 Å². The molecule has 3 aromatic rings. The molecule has 1 aromatic carbocycles. The fourth-order valence-electron chi connectivity index (χ4n) is 3.39. The lowest BCUT2D eigenvalue weighted by Gasteiger charge is -2.12. The van der Waals surface area contributed by atoms with Gasteiger partial charge in [-0.25, -0.2) is 4.98 Å². The van der Waals surface area contributed by atoms with Crippen molar-refractivity contribution < 1.29 is 14.3 Å². The minimum atomic E-state index is -0.520. The van der Waals surface area contributed by atoms with Crippen LogP contribution in [0.1, 0.15) is 46.8 Å². The molecule has 31 heavy (non-hydrogen) atoms. The summed E-state index contributed by atoms with van der Waals surface area (Å²) in [4.78, 5) is 30.4. The molecular formula is C21H28N6O3S. The number of methoxy groups -OCH3 is 1. The van der Waals surface area contributed by atoms with E-state index in [1.54, 1.807) is 41.8 Å². The third kappa shape index (κ3) is 4.91. The minimum Gasteiger partial charge on any atom is -0.384 e. The summed E-state index contributed by atoms with van der Waals surface area (Å²) in [6.07, 6.45) is 0.847. The van der Waals surface area contributed by atoms with Gasteiger partial charge in [-0.3, -0.25) is 19.6 Å². The molecule has 10 heteroatoms. The number of carbonyl (C=O) groups excluding carboxylic acids is 2. The number of carbonyl (C=O) groups is 2. The molecule has 166 valence electrons. The Morgan fingerprint density at radius 1 is 1.26 bits per heavy atom. The van der Waals surface area contributed by atoms with Crippen LogP contribution in [0.25, 0.3) is 11.0 Å². The summed E-state index contributed by atoms with van der Waals surface area (Å²) in [5.74, 6) is 0.340. The Hall–Kier alpha value is -2.85. The van der Waals surface area contributed by atoms with Gasteiger partial charge in [0.1, 0.15) is 5.69 Å². The molecule has 0 unspecified atom stereocenters. The average Bonchev–Trinajstić information content (AvgIpc) is 3.28. The fraction of sp³-hybridized carbons (Fsp3) is 0.429. The molecule has 0 bridgehead atoms. The van der Waals surface area contributed by atoms with E-state index in [1.807, 2.05) is 18.4 Å². The van der Waals surface area contributed by atoms with E-state index in [-0.39, 0.29) is 5.91 Å². The number of anilines is 1. The highest BCUT2D eigenvalue weighted by molar-refractivity contribution is 7.99. The van der Waals surface area contributed by atoms with Gasteiger partial charge < -0.3 is 15.0 Å². The standard InChI is InChI=1S/C21H28N6O3S/c1-5-7-26-18-15(11-14(19(22)28)12-17(18)31-9-8-30-4)23-21(26)24-20(29)16-10-13(3)25-27(16)6-2/h10-12H,5-9H2,1-4H3,(H2,22,28)(H,23,24,29). The Morgan fingerprint density at radius 2 is 2.03 bits per heavy atom. The Kier molecular flexibility index (Phi) is 7.34. The predicted molar refractivity (Wildman–Crippen MR) is 122 cm³/mol. The summed E-state index contributed by atoms with van der Waals surface area (Å²) >= 11 is 1.56. The molecule has 0 radical (unpaired) electrons. The van der Waals surface area contributed by atoms with Crippen LogP contribution in [0.5, 0.6) is 0 Å². The maximum atomic E-state index is 13.0. The number of ether oxygens (including phenoxy) is 1. The highest BCUT2D eigenvalue weighted by atomic mass is 32.2. The lowest BCUT2D eigenvalue weighted by Crippen LogP contribution is -2.20. The predicted octanol–water partition coefficient (Wildman–Crippen LogP) is 3.06. The molecular weight excluding hydrogens is 416 g/mol. The third-order valence-corrected chi connectivity index (χ3v) is 5.74. The van der Waals surface area contributed by atoms with Gasteiger partial charge in [0.05, 0.1) is 23.3 Å². The number of benzene rings is 1. The second-order valence-corrected chi connectivity index (χ2v) is 8.21. The van der Waals surface area contributed by atoms with Crippen molar-refractivity contribution in [2.45, 2.75) is 45.2 Å². The zero-order valence-electron chi connectivity index (χ0n) is 18.3. The SMILES string of the molecule is CCCn1c(NC(=O)c2cc(C)nn2CC)nc2cc(C(N)=O)cc(SCCOC)c21. The van der Waals surface area contributed by atoms with E-state index in [9.17, 15) is 9.59 Å². The first-order valence-corrected chi connectivity index (χ1v) is 11.2. The van der Waals surface area contributed by atoms with Crippen LogP contribution in [0.2, 0.25) is 0 Å². The summed E-state index contributed by atoms with van der Waals surface area (Å²) < 4.78 is 8.80. The lowest BCUT2D eigenvalue weighted by atomic mass is 10.2. The van der Waals surface area contributed by atoms with Gasteiger partial charge in [-0.05, 0) is 38.5 Å². The number of aryl methyl sites for hydroxylation is 3. The van der Waals surface area contributed by atoms with Crippen LogP contribution < -0.4 is 11.1 Å². The molecule has 2 heterocycles. The van der Waals surface area contributed by atoms with Crippen molar-refractivity contribution in [3.05, 3.63) is 35.2 Å². The Bertz CT molecular complexity index is 1100. The van der Waals surface area contributed by atoms with Crippen LogP contribution in [0, 0.1) is 6.92 Å². The van der Waals surface area contributed by atoms with Crippen molar-refractivity contribution in [2.75, 3.05) is 24.8 Å². The van der Waals surface area contributed by atoms with Crippen LogP contribution in [-0.4, -0.2) is 50.6 Å². The molecule has 2 aromatic heterocycles. The third-order valence-electron chi connectivity index (χ3n) is 4.74. The normalized spacial score (nSPS) is 11.2. The molecule has 3 rings (SSSR count). The molecule has 0 saturated carbocycles. The molecule has 0 atom stereocenters. The zero-order chi connectivity index (χ0) is 22.5. The molecule has 0 aliphatic heterocycles. The zero-order valence-corrected chi connectivity index (χ0v) is 19.1. The molecule has 0 aliphatic rings. The number of amides is 2. The van der Waals surface area contributed by atoms with Gasteiger partial charge in [0.15, 0.2) is 0 Å². The van der Waals surface area contributed by atoms with Crippen LogP contribution in [-0.2, 0) is 17.8 Å². The van der Waals surface area contributed by atoms with E-state index in [2.05, 4.69) is 22.3 Å². The summed E-state index contributed by atoms with van der Waals surface area (Å²) in [6, 6.07) is 5.20. The smallest absolute Gasteiger partial charge is 0.276 e. The number of nitrogens with zero attached hydrogens (tertiary/aromatic N) is 4. The summed E-state index contributed by atoms with van der Waals surface area (Å²) in [5, 5.41) is 7.28. The monoisotopic (exact) mass is 444 g/mol. The lowest BCUT2D eigenvalue weighted by molar-refractivity contribution is 0.0995. The van der Waals surface area contributed by atoms with Gasteiger partial charge in [0.25, 0.3) is 5.91 Å². The molecule has 0 spiro atoms. The Labute approximate surface area is 185 Å². The van der Waals surface area contributed by atoms with E-state index in [4.69, 9.17) is 10.5 Å². The van der Waals surface area contributed by atoms with Gasteiger partial charge in [-0.1, -0.05) is 6.92 Å². The van der Waals surface area contributed by atoms with E-state index in [0.717, 1.165) is 22.5 Å². The number of aromatic nitrogens is 4. The quantitative estimate of drug-likeness (QED) is 0.367. The van der Waals surface area contributed by atoms with Gasteiger partial charge in [-0.2, -0.15) is 5.10 Å². The molecule has 3 N–H and O–H groups in total. The van der Waals surface area contributed by atoms with Crippen molar-refractivity contribution in [3.63, 3.8) is 0 Å². The van der Waals surface area contributed by atoms with Gasteiger partial charge in [0, 0.05) is 36.4 Å². The second-order valence-electron chi connectivity index (χ2n) is 7.08. The van der Waals surface area contributed by atoms with E-state index in [1.165, 1.54) is 0 Å². The number of hydrogen-bond donors (Lipinski definition) is 2. The fourth-order valence-corrected chi connectivity index (χ4v) is 4.42. The van der Waals surface area contributed by atoms with Crippen molar-refractivity contribution in [1.29, 1.82) is 0 Å². The maximum absolute atomic E-state index is 13.0. The molecule has 0 saturated heterocycles. The van der Waals surface area contributed by atoms with Crippen LogP contribution in [0.15, 0.2) is 23.1 Å². The molecule has 0 aliphatic carbocycles. The number of nitrogens with two attached hydrogens (primary N) is 1. The largest absolute Gasteiger partial charge is 0.384 e. The minimum absolute atomic E-state index is 0.279. The highest BCUT2D eigenvalue weighted by Gasteiger charge is 2.21. The number of hydrogen-bond acceptors (Lipinski definition) is 6. The summed E-state index contributed by atoms with van der Waals surface area (Å²) in [7, 11) is 1.65. The number of nitrogens with one attached hydrogen (secondary N) is 1. The number of primary amides is 1. The Morgan fingerprint density at radius 3 is 2.68 bits per heavy atom. The van der Waals surface area contributed by atoms with E-state index < -0.39 is 5.91 Å². The first-order valence-electron chi connectivity index (χ1n) is 10.2. The topological polar surface area (TPSA) is 117 Å². The second kappa shape index (κ2) is 9.97. The first-order chi connectivity index (χ1) is 14.9. The van der Waals surface area contributed by atoms with Crippen LogP contribution in [0.4, 0.5) is 5.95 Å². The Balaban J connectivity index is 2.08. The molecule has 9 nitrogen and oxygen atoms in total. The highest BCUT2D eigenvalue weighted by Crippen LogP contribution is 2.32. The van der Waals surface area contributed by atoms with Crippen molar-refractivity contribution >= 4 is 40.6 Å². The number of fused-ring (bicyclic) bond motifs is 1. The summed E-state index contributed by atoms with van der Waals surface area (Å²) in [6.45, 7) is 7.66. The molecule has 2 amide bonds. The molecule has 0 fully saturated rings. The van der Waals surface area contributed by atoms with Crippen LogP contribution >= 0.6 is 11.8 Å². The van der Waals surface area contributed by atoms with Crippen molar-refractivity contribution in [3.8, 4) is 0 Å². The van der Waals surface area contributed by atoms with Gasteiger partial charge in [-0.15, -0.1) is 11.8 Å². The summed E-state index contributed by atoms with van der Waals surface area (Å²) in [5.41, 5.74) is 8.64.